The average molecular weight is 283 g/mol. The minimum atomic E-state index is -0.372. The standard InChI is InChI=1S/C17H21N3O/c1-16(2,3)15-19-13-7-6-12(10-14(13)20-15)17(18-11-21)8-4-5-9-17/h6-7,10H,4-5,8-9H2,1-3H3,(H,19,20). The second kappa shape index (κ2) is 4.81. The zero-order valence-corrected chi connectivity index (χ0v) is 12.9. The van der Waals surface area contributed by atoms with Crippen molar-refractivity contribution in [3.63, 3.8) is 0 Å². The van der Waals surface area contributed by atoms with Gasteiger partial charge in [-0.2, -0.15) is 4.99 Å². The molecule has 1 aliphatic rings. The zero-order chi connectivity index (χ0) is 15.1. The Kier molecular flexibility index (Phi) is 3.22. The van der Waals surface area contributed by atoms with Crippen LogP contribution in [0.4, 0.5) is 0 Å². The maximum Gasteiger partial charge on any atom is 0.235 e. The van der Waals surface area contributed by atoms with E-state index in [1.165, 1.54) is 0 Å². The third-order valence-corrected chi connectivity index (χ3v) is 4.42. The molecule has 1 fully saturated rings. The van der Waals surface area contributed by atoms with Crippen LogP contribution in [-0.2, 0) is 15.7 Å². The number of rotatable bonds is 2. The molecule has 1 heterocycles. The van der Waals surface area contributed by atoms with Gasteiger partial charge in [-0.3, -0.25) is 0 Å². The SMILES string of the molecule is CC(C)(C)c1nc2ccc(C3(N=C=O)CCCC3)cc2[nH]1. The third-order valence-electron chi connectivity index (χ3n) is 4.42. The molecule has 110 valence electrons. The number of aromatic amines is 1. The van der Waals surface area contributed by atoms with Gasteiger partial charge in [-0.1, -0.05) is 39.7 Å². The highest BCUT2D eigenvalue weighted by Gasteiger charge is 2.36. The number of carbonyl (C=O) groups excluding carboxylic acids is 1. The Balaban J connectivity index is 2.10. The third kappa shape index (κ3) is 2.40. The quantitative estimate of drug-likeness (QED) is 0.669. The molecule has 1 aromatic heterocycles. The van der Waals surface area contributed by atoms with Crippen molar-refractivity contribution in [3.8, 4) is 0 Å². The first-order valence-electron chi connectivity index (χ1n) is 7.54. The normalized spacial score (nSPS) is 17.9. The van der Waals surface area contributed by atoms with Crippen molar-refractivity contribution in [2.75, 3.05) is 0 Å². The van der Waals surface area contributed by atoms with E-state index < -0.39 is 0 Å². The lowest BCUT2D eigenvalue weighted by Gasteiger charge is -2.22. The largest absolute Gasteiger partial charge is 0.342 e. The molecule has 0 spiro atoms. The van der Waals surface area contributed by atoms with Crippen LogP contribution in [-0.4, -0.2) is 16.0 Å². The van der Waals surface area contributed by atoms with Crippen molar-refractivity contribution >= 4 is 17.1 Å². The summed E-state index contributed by atoms with van der Waals surface area (Å²) in [5.74, 6) is 0.981. The molecule has 0 unspecified atom stereocenters. The average Bonchev–Trinajstić information content (AvgIpc) is 3.04. The van der Waals surface area contributed by atoms with Crippen molar-refractivity contribution < 1.29 is 4.79 Å². The summed E-state index contributed by atoms with van der Waals surface area (Å²) in [6.45, 7) is 6.42. The summed E-state index contributed by atoms with van der Waals surface area (Å²) >= 11 is 0. The maximum absolute atomic E-state index is 10.8. The lowest BCUT2D eigenvalue weighted by molar-refractivity contribution is 0.456. The number of hydrogen-bond donors (Lipinski definition) is 1. The van der Waals surface area contributed by atoms with Crippen molar-refractivity contribution in [1.82, 2.24) is 9.97 Å². The Hall–Kier alpha value is -1.93. The lowest BCUT2D eigenvalue weighted by Crippen LogP contribution is -2.18. The highest BCUT2D eigenvalue weighted by Crippen LogP contribution is 2.42. The Labute approximate surface area is 124 Å². The number of aromatic nitrogens is 2. The van der Waals surface area contributed by atoms with Crippen molar-refractivity contribution in [2.24, 2.45) is 4.99 Å². The van der Waals surface area contributed by atoms with Crippen LogP contribution in [0.5, 0.6) is 0 Å². The first-order chi connectivity index (χ1) is 9.94. The van der Waals surface area contributed by atoms with Crippen LogP contribution >= 0.6 is 0 Å². The number of nitrogens with zero attached hydrogens (tertiary/aromatic N) is 2. The molecule has 0 amide bonds. The van der Waals surface area contributed by atoms with E-state index in [0.717, 1.165) is 48.1 Å². The monoisotopic (exact) mass is 283 g/mol. The predicted molar refractivity (Wildman–Crippen MR) is 83.1 cm³/mol. The fourth-order valence-corrected chi connectivity index (χ4v) is 3.17. The van der Waals surface area contributed by atoms with Gasteiger partial charge in [-0.15, -0.1) is 0 Å². The fourth-order valence-electron chi connectivity index (χ4n) is 3.17. The molecular formula is C17H21N3O. The molecule has 1 saturated carbocycles. The van der Waals surface area contributed by atoms with E-state index >= 15 is 0 Å². The van der Waals surface area contributed by atoms with Gasteiger partial charge in [-0.25, -0.2) is 9.78 Å². The van der Waals surface area contributed by atoms with Crippen molar-refractivity contribution in [2.45, 2.75) is 57.4 Å². The second-order valence-electron chi connectivity index (χ2n) is 7.01. The van der Waals surface area contributed by atoms with Gasteiger partial charge in [-0.05, 0) is 30.5 Å². The highest BCUT2D eigenvalue weighted by atomic mass is 16.1. The molecule has 3 rings (SSSR count). The van der Waals surface area contributed by atoms with Gasteiger partial charge in [0.25, 0.3) is 0 Å². The van der Waals surface area contributed by atoms with Gasteiger partial charge in [0.1, 0.15) is 5.82 Å². The van der Waals surface area contributed by atoms with Gasteiger partial charge >= 0.3 is 0 Å². The number of benzene rings is 1. The van der Waals surface area contributed by atoms with Gasteiger partial charge in [0, 0.05) is 5.41 Å². The van der Waals surface area contributed by atoms with Crippen LogP contribution in [0, 0.1) is 0 Å². The molecule has 4 heteroatoms. The second-order valence-corrected chi connectivity index (χ2v) is 7.01. The van der Waals surface area contributed by atoms with Crippen LogP contribution in [0.15, 0.2) is 23.2 Å². The minimum absolute atomic E-state index is 0.00875. The Morgan fingerprint density at radius 3 is 2.62 bits per heavy atom. The van der Waals surface area contributed by atoms with Crippen LogP contribution in [0.25, 0.3) is 11.0 Å². The summed E-state index contributed by atoms with van der Waals surface area (Å²) in [4.78, 5) is 23.0. The molecule has 0 radical (unpaired) electrons. The number of aliphatic imine (C=N–C) groups is 1. The molecule has 2 aromatic rings. The number of imidazole rings is 1. The van der Waals surface area contributed by atoms with E-state index in [2.05, 4.69) is 47.9 Å². The van der Waals surface area contributed by atoms with Gasteiger partial charge < -0.3 is 4.98 Å². The van der Waals surface area contributed by atoms with Crippen LogP contribution in [0.1, 0.15) is 57.8 Å². The molecule has 0 aliphatic heterocycles. The van der Waals surface area contributed by atoms with Crippen molar-refractivity contribution in [1.29, 1.82) is 0 Å². The molecular weight excluding hydrogens is 262 g/mol. The van der Waals surface area contributed by atoms with Gasteiger partial charge in [0.05, 0.1) is 16.6 Å². The van der Waals surface area contributed by atoms with E-state index in [0.29, 0.717) is 0 Å². The number of fused-ring (bicyclic) bond motifs is 1. The lowest BCUT2D eigenvalue weighted by atomic mass is 9.89. The number of nitrogens with one attached hydrogen (secondary N) is 1. The number of H-pyrrole nitrogens is 1. The molecule has 0 saturated heterocycles. The predicted octanol–water partition coefficient (Wildman–Crippen LogP) is 3.97. The Bertz CT molecular complexity index is 711. The van der Waals surface area contributed by atoms with E-state index in [9.17, 15) is 4.79 Å². The topological polar surface area (TPSA) is 58.1 Å². The van der Waals surface area contributed by atoms with E-state index in [1.807, 2.05) is 6.07 Å². The first-order valence-corrected chi connectivity index (χ1v) is 7.54. The fraction of sp³-hybridized carbons (Fsp3) is 0.529. The molecule has 1 N–H and O–H groups in total. The van der Waals surface area contributed by atoms with Crippen LogP contribution in [0.3, 0.4) is 0 Å². The Morgan fingerprint density at radius 2 is 2.00 bits per heavy atom. The van der Waals surface area contributed by atoms with Gasteiger partial charge in [0.2, 0.25) is 6.08 Å². The molecule has 1 aliphatic carbocycles. The van der Waals surface area contributed by atoms with E-state index in [-0.39, 0.29) is 11.0 Å². The summed E-state index contributed by atoms with van der Waals surface area (Å²) in [7, 11) is 0. The number of hydrogen-bond acceptors (Lipinski definition) is 3. The summed E-state index contributed by atoms with van der Waals surface area (Å²) in [6.07, 6.45) is 5.85. The summed E-state index contributed by atoms with van der Waals surface area (Å²) in [5, 5.41) is 0. The summed E-state index contributed by atoms with van der Waals surface area (Å²) < 4.78 is 0. The highest BCUT2D eigenvalue weighted by molar-refractivity contribution is 5.76. The van der Waals surface area contributed by atoms with E-state index in [4.69, 9.17) is 0 Å². The van der Waals surface area contributed by atoms with Crippen LogP contribution < -0.4 is 0 Å². The smallest absolute Gasteiger partial charge is 0.235 e. The maximum atomic E-state index is 10.8. The summed E-state index contributed by atoms with van der Waals surface area (Å²) in [6, 6.07) is 6.18. The molecule has 0 atom stereocenters. The molecule has 21 heavy (non-hydrogen) atoms. The minimum Gasteiger partial charge on any atom is -0.342 e. The molecule has 4 nitrogen and oxygen atoms in total. The Morgan fingerprint density at radius 1 is 1.29 bits per heavy atom. The van der Waals surface area contributed by atoms with Crippen molar-refractivity contribution in [3.05, 3.63) is 29.6 Å². The molecule has 1 aromatic carbocycles. The number of isocyanates is 1. The zero-order valence-electron chi connectivity index (χ0n) is 12.9. The van der Waals surface area contributed by atoms with E-state index in [1.54, 1.807) is 6.08 Å². The summed E-state index contributed by atoms with van der Waals surface area (Å²) in [5.41, 5.74) is 2.70. The first kappa shape index (κ1) is 14.0. The van der Waals surface area contributed by atoms with Gasteiger partial charge in [0.15, 0.2) is 0 Å². The molecule has 0 bridgehead atoms. The van der Waals surface area contributed by atoms with Crippen LogP contribution in [0.2, 0.25) is 0 Å².